The number of hydrogen-bond acceptors (Lipinski definition) is 9. The highest BCUT2D eigenvalue weighted by molar-refractivity contribution is 6.03. The van der Waals surface area contributed by atoms with Crippen molar-refractivity contribution in [3.63, 3.8) is 0 Å². The molecule has 0 atom stereocenters. The molecule has 3 rings (SSSR count). The van der Waals surface area contributed by atoms with Gasteiger partial charge in [0.25, 0.3) is 0 Å². The lowest BCUT2D eigenvalue weighted by atomic mass is 10.1. The molecule has 0 aliphatic carbocycles. The van der Waals surface area contributed by atoms with Gasteiger partial charge in [0, 0.05) is 12.2 Å². The van der Waals surface area contributed by atoms with Crippen molar-refractivity contribution in [3.8, 4) is 17.1 Å². The van der Waals surface area contributed by atoms with E-state index in [1.807, 2.05) is 39.0 Å². The van der Waals surface area contributed by atoms with E-state index in [1.54, 1.807) is 20.2 Å². The number of aryl methyl sites for hydroxylation is 1. The third kappa shape index (κ3) is 4.88. The highest BCUT2D eigenvalue weighted by Gasteiger charge is 2.19. The van der Waals surface area contributed by atoms with Gasteiger partial charge in [0.15, 0.2) is 5.82 Å². The summed E-state index contributed by atoms with van der Waals surface area (Å²) >= 11 is 0. The molecule has 0 radical (unpaired) electrons. The van der Waals surface area contributed by atoms with Crippen LogP contribution in [0.25, 0.3) is 11.3 Å². The van der Waals surface area contributed by atoms with Gasteiger partial charge in [-0.15, -0.1) is 10.2 Å². The smallest absolute Gasteiger partial charge is 0.222 e. The van der Waals surface area contributed by atoms with E-state index in [0.29, 0.717) is 42.0 Å². The van der Waals surface area contributed by atoms with E-state index < -0.39 is 0 Å². The number of aromatic nitrogens is 6. The molecule has 0 spiro atoms. The van der Waals surface area contributed by atoms with Gasteiger partial charge in [-0.1, -0.05) is 0 Å². The van der Waals surface area contributed by atoms with Crippen LogP contribution in [0.5, 0.6) is 5.88 Å². The number of pyridine rings is 2. The van der Waals surface area contributed by atoms with Crippen LogP contribution in [0.2, 0.25) is 0 Å². The summed E-state index contributed by atoms with van der Waals surface area (Å²) in [7, 11) is 1.72. The molecule has 3 N–H and O–H groups in total. The zero-order chi connectivity index (χ0) is 21.7. The van der Waals surface area contributed by atoms with Crippen molar-refractivity contribution >= 4 is 17.1 Å². The van der Waals surface area contributed by atoms with Crippen molar-refractivity contribution in [2.75, 3.05) is 17.2 Å². The highest BCUT2D eigenvalue weighted by atomic mass is 16.5. The number of hydrogen-bond donors (Lipinski definition) is 3. The molecule has 3 aromatic heterocycles. The molecule has 10 nitrogen and oxygen atoms in total. The second-order valence-corrected chi connectivity index (χ2v) is 7.04. The number of nitrogens with zero attached hydrogens (tertiary/aromatic N) is 6. The van der Waals surface area contributed by atoms with Gasteiger partial charge in [0.05, 0.1) is 48.5 Å². The van der Waals surface area contributed by atoms with Gasteiger partial charge in [0.1, 0.15) is 5.69 Å². The summed E-state index contributed by atoms with van der Waals surface area (Å²) in [5.74, 6) is 1.07. The summed E-state index contributed by atoms with van der Waals surface area (Å²) in [5, 5.41) is 27.2. The molecule has 3 aromatic rings. The fraction of sp³-hybridized carbons (Fsp3) is 0.400. The van der Waals surface area contributed by atoms with Crippen LogP contribution in [0.3, 0.4) is 0 Å². The number of tetrazole rings is 1. The maximum Gasteiger partial charge on any atom is 0.222 e. The Morgan fingerprint density at radius 2 is 2.13 bits per heavy atom. The Kier molecular flexibility index (Phi) is 6.55. The Balaban J connectivity index is 2.10. The third-order valence-electron chi connectivity index (χ3n) is 4.12. The van der Waals surface area contributed by atoms with Crippen LogP contribution < -0.4 is 15.4 Å². The zero-order valence-electron chi connectivity index (χ0n) is 17.9. The summed E-state index contributed by atoms with van der Waals surface area (Å²) in [5.41, 5.74) is 3.88. The molecule has 3 heterocycles. The normalized spacial score (nSPS) is 10.9. The van der Waals surface area contributed by atoms with Crippen LogP contribution in [0.1, 0.15) is 39.2 Å². The standard InChI is InChI=1S/C20H27N9O/c1-6-30-20-14(8-7-9-22-20)15-10-16(23-11-17-26-28-29(5)27-17)19(24-12(2)3)18(25-15)13(4)21/h7-10,12,21,24H,6,11H2,1-5H3,(H,23,25). The van der Waals surface area contributed by atoms with E-state index in [9.17, 15) is 0 Å². The molecule has 0 saturated heterocycles. The Bertz CT molecular complexity index is 1030. The molecule has 158 valence electrons. The number of rotatable bonds is 9. The lowest BCUT2D eigenvalue weighted by Gasteiger charge is -2.20. The van der Waals surface area contributed by atoms with E-state index >= 15 is 0 Å². The zero-order valence-corrected chi connectivity index (χ0v) is 17.9. The average molecular weight is 409 g/mol. The van der Waals surface area contributed by atoms with Crippen molar-refractivity contribution in [1.82, 2.24) is 30.2 Å². The fourth-order valence-electron chi connectivity index (χ4n) is 2.93. The molecule has 0 aliphatic heterocycles. The Morgan fingerprint density at radius 3 is 2.77 bits per heavy atom. The predicted molar refractivity (Wildman–Crippen MR) is 116 cm³/mol. The molecule has 0 fully saturated rings. The van der Waals surface area contributed by atoms with Crippen molar-refractivity contribution in [2.45, 2.75) is 40.3 Å². The summed E-state index contributed by atoms with van der Waals surface area (Å²) in [6, 6.07) is 5.83. The van der Waals surface area contributed by atoms with E-state index in [-0.39, 0.29) is 6.04 Å². The van der Waals surface area contributed by atoms with Crippen LogP contribution >= 0.6 is 0 Å². The molecular formula is C20H27N9O. The molecule has 0 aliphatic rings. The summed E-state index contributed by atoms with van der Waals surface area (Å²) in [6.07, 6.45) is 1.69. The fourth-order valence-corrected chi connectivity index (χ4v) is 2.93. The average Bonchev–Trinajstić information content (AvgIpc) is 3.12. The van der Waals surface area contributed by atoms with Crippen LogP contribution in [0.15, 0.2) is 24.4 Å². The minimum Gasteiger partial charge on any atom is -0.477 e. The SMILES string of the molecule is CCOc1ncccc1-c1cc(NCc2nnn(C)n2)c(NC(C)C)c(C(C)=N)n1. The molecule has 0 bridgehead atoms. The van der Waals surface area contributed by atoms with Crippen molar-refractivity contribution in [1.29, 1.82) is 5.41 Å². The second kappa shape index (κ2) is 9.29. The Hall–Kier alpha value is -3.56. The molecular weight excluding hydrogens is 382 g/mol. The van der Waals surface area contributed by atoms with Crippen LogP contribution in [0, 0.1) is 5.41 Å². The lowest BCUT2D eigenvalue weighted by molar-refractivity contribution is 0.328. The first kappa shape index (κ1) is 21.2. The maximum atomic E-state index is 8.30. The predicted octanol–water partition coefficient (Wildman–Crippen LogP) is 2.89. The van der Waals surface area contributed by atoms with E-state index in [2.05, 4.69) is 31.0 Å². The first-order valence-corrected chi connectivity index (χ1v) is 9.81. The summed E-state index contributed by atoms with van der Waals surface area (Å²) < 4.78 is 5.69. The molecule has 0 unspecified atom stereocenters. The van der Waals surface area contributed by atoms with Gasteiger partial charge in [-0.25, -0.2) is 9.97 Å². The largest absolute Gasteiger partial charge is 0.477 e. The molecule has 0 aromatic carbocycles. The maximum absolute atomic E-state index is 8.30. The number of nitrogens with one attached hydrogen (secondary N) is 3. The quantitative estimate of drug-likeness (QED) is 0.461. The van der Waals surface area contributed by atoms with Gasteiger partial charge in [0.2, 0.25) is 5.88 Å². The molecule has 10 heteroatoms. The van der Waals surface area contributed by atoms with E-state index in [4.69, 9.17) is 15.1 Å². The van der Waals surface area contributed by atoms with Crippen LogP contribution in [-0.2, 0) is 13.6 Å². The summed E-state index contributed by atoms with van der Waals surface area (Å²) in [6.45, 7) is 8.59. The first-order chi connectivity index (χ1) is 14.4. The van der Waals surface area contributed by atoms with Gasteiger partial charge in [-0.2, -0.15) is 4.80 Å². The number of anilines is 2. The number of ether oxygens (including phenoxy) is 1. The first-order valence-electron chi connectivity index (χ1n) is 9.81. The van der Waals surface area contributed by atoms with Gasteiger partial charge in [-0.3, -0.25) is 0 Å². The minimum absolute atomic E-state index is 0.156. The third-order valence-corrected chi connectivity index (χ3v) is 4.12. The topological polar surface area (TPSA) is 127 Å². The van der Waals surface area contributed by atoms with Crippen LogP contribution in [-0.4, -0.2) is 48.5 Å². The molecule has 0 saturated carbocycles. The van der Waals surface area contributed by atoms with Gasteiger partial charge < -0.3 is 20.8 Å². The molecule has 30 heavy (non-hydrogen) atoms. The van der Waals surface area contributed by atoms with Gasteiger partial charge in [-0.05, 0) is 51.1 Å². The Labute approximate surface area is 175 Å². The summed E-state index contributed by atoms with van der Waals surface area (Å²) in [4.78, 5) is 10.5. The molecule has 0 amide bonds. The lowest BCUT2D eigenvalue weighted by Crippen LogP contribution is -2.17. The van der Waals surface area contributed by atoms with E-state index in [1.165, 1.54) is 4.80 Å². The van der Waals surface area contributed by atoms with Gasteiger partial charge >= 0.3 is 0 Å². The van der Waals surface area contributed by atoms with Crippen molar-refractivity contribution in [2.24, 2.45) is 7.05 Å². The van der Waals surface area contributed by atoms with E-state index in [0.717, 1.165) is 16.9 Å². The monoisotopic (exact) mass is 409 g/mol. The van der Waals surface area contributed by atoms with Crippen LogP contribution in [0.4, 0.5) is 11.4 Å². The van der Waals surface area contributed by atoms with Crippen molar-refractivity contribution < 1.29 is 4.74 Å². The highest BCUT2D eigenvalue weighted by Crippen LogP contribution is 2.34. The van der Waals surface area contributed by atoms with Crippen molar-refractivity contribution in [3.05, 3.63) is 35.9 Å². The Morgan fingerprint density at radius 1 is 1.33 bits per heavy atom. The minimum atomic E-state index is 0.156. The second-order valence-electron chi connectivity index (χ2n) is 7.04.